The molecule has 0 aromatic heterocycles. The molecule has 0 radical (unpaired) electrons. The fourth-order valence-electron chi connectivity index (χ4n) is 1.56. The lowest BCUT2D eigenvalue weighted by molar-refractivity contribution is 0.144. The van der Waals surface area contributed by atoms with E-state index in [2.05, 4.69) is 4.74 Å². The number of benzene rings is 2. The molecule has 4 heteroatoms. The maximum atomic E-state index is 10.5. The van der Waals surface area contributed by atoms with Crippen molar-refractivity contribution in [2.24, 2.45) is 0 Å². The van der Waals surface area contributed by atoms with Crippen molar-refractivity contribution in [1.82, 2.24) is 0 Å². The van der Waals surface area contributed by atoms with Gasteiger partial charge in [-0.05, 0) is 23.8 Å². The summed E-state index contributed by atoms with van der Waals surface area (Å²) in [6, 6.07) is 13.3. The van der Waals surface area contributed by atoms with Crippen LogP contribution in [-0.4, -0.2) is 16.4 Å². The maximum Gasteiger partial charge on any atom is 0.511 e. The Morgan fingerprint density at radius 2 is 1.82 bits per heavy atom. The number of phenols is 1. The highest BCUT2D eigenvalue weighted by atomic mass is 16.7. The summed E-state index contributed by atoms with van der Waals surface area (Å²) in [5, 5.41) is 18.0. The molecule has 0 saturated carbocycles. The summed E-state index contributed by atoms with van der Waals surface area (Å²) in [7, 11) is 0. The molecule has 0 fully saturated rings. The van der Waals surface area contributed by atoms with E-state index in [0.717, 1.165) is 0 Å². The van der Waals surface area contributed by atoms with Crippen LogP contribution in [0.1, 0.15) is 0 Å². The zero-order chi connectivity index (χ0) is 12.3. The molecule has 0 aliphatic rings. The second-order valence-electron chi connectivity index (χ2n) is 3.41. The van der Waals surface area contributed by atoms with E-state index >= 15 is 0 Å². The van der Waals surface area contributed by atoms with Gasteiger partial charge in [-0.1, -0.05) is 30.3 Å². The van der Waals surface area contributed by atoms with E-state index in [1.807, 2.05) is 0 Å². The van der Waals surface area contributed by atoms with Gasteiger partial charge in [-0.3, -0.25) is 0 Å². The van der Waals surface area contributed by atoms with E-state index in [1.54, 1.807) is 48.5 Å². The molecule has 0 spiro atoms. The van der Waals surface area contributed by atoms with Crippen LogP contribution < -0.4 is 4.74 Å². The summed E-state index contributed by atoms with van der Waals surface area (Å²) in [5.74, 6) is 0.359. The minimum atomic E-state index is -1.36. The predicted octanol–water partition coefficient (Wildman–Crippen LogP) is 3.12. The van der Waals surface area contributed by atoms with Gasteiger partial charge in [-0.15, -0.1) is 0 Å². The Hall–Kier alpha value is -2.49. The van der Waals surface area contributed by atoms with E-state index in [9.17, 15) is 9.90 Å². The highest BCUT2D eigenvalue weighted by molar-refractivity contribution is 5.74. The lowest BCUT2D eigenvalue weighted by Gasteiger charge is -2.08. The van der Waals surface area contributed by atoms with Crippen LogP contribution in [0.4, 0.5) is 4.79 Å². The lowest BCUT2D eigenvalue weighted by Crippen LogP contribution is -2.03. The number of carboxylic acid groups (broad SMARTS) is 1. The van der Waals surface area contributed by atoms with E-state index in [4.69, 9.17) is 5.11 Å². The third-order valence-electron chi connectivity index (χ3n) is 2.24. The van der Waals surface area contributed by atoms with Crippen LogP contribution in [0.5, 0.6) is 11.5 Å². The van der Waals surface area contributed by atoms with Crippen LogP contribution >= 0.6 is 0 Å². The zero-order valence-corrected chi connectivity index (χ0v) is 8.83. The van der Waals surface area contributed by atoms with Gasteiger partial charge < -0.3 is 14.9 Å². The van der Waals surface area contributed by atoms with Crippen molar-refractivity contribution < 1.29 is 19.7 Å². The van der Waals surface area contributed by atoms with Gasteiger partial charge in [0, 0.05) is 5.56 Å². The van der Waals surface area contributed by atoms with Gasteiger partial charge in [0.05, 0.1) is 0 Å². The number of hydrogen-bond acceptors (Lipinski definition) is 3. The fourth-order valence-corrected chi connectivity index (χ4v) is 1.56. The van der Waals surface area contributed by atoms with Crippen LogP contribution in [0.25, 0.3) is 11.1 Å². The van der Waals surface area contributed by atoms with Crippen LogP contribution in [-0.2, 0) is 0 Å². The van der Waals surface area contributed by atoms with Crippen LogP contribution in [0, 0.1) is 0 Å². The van der Waals surface area contributed by atoms with E-state index < -0.39 is 6.16 Å². The summed E-state index contributed by atoms with van der Waals surface area (Å²) in [5.41, 5.74) is 1.31. The molecule has 2 N–H and O–H groups in total. The maximum absolute atomic E-state index is 10.5. The summed E-state index contributed by atoms with van der Waals surface area (Å²) in [6.45, 7) is 0. The van der Waals surface area contributed by atoms with E-state index in [0.29, 0.717) is 11.1 Å². The largest absolute Gasteiger partial charge is 0.511 e. The second kappa shape index (κ2) is 4.57. The molecule has 0 aliphatic carbocycles. The Balaban J connectivity index is 2.47. The summed E-state index contributed by atoms with van der Waals surface area (Å²) in [4.78, 5) is 10.5. The molecule has 0 aliphatic heterocycles. The highest BCUT2D eigenvalue weighted by Gasteiger charge is 2.09. The Bertz CT molecular complexity index is 549. The van der Waals surface area contributed by atoms with Gasteiger partial charge in [-0.2, -0.15) is 0 Å². The predicted molar refractivity (Wildman–Crippen MR) is 62.2 cm³/mol. The first-order valence-corrected chi connectivity index (χ1v) is 4.96. The summed E-state index contributed by atoms with van der Waals surface area (Å²) < 4.78 is 4.67. The molecule has 2 rings (SSSR count). The van der Waals surface area contributed by atoms with E-state index in [1.165, 1.54) is 0 Å². The smallest absolute Gasteiger partial charge is 0.508 e. The molecular weight excluding hydrogens is 220 g/mol. The number of rotatable bonds is 2. The van der Waals surface area contributed by atoms with Gasteiger partial charge in [0.15, 0.2) is 0 Å². The first-order chi connectivity index (χ1) is 8.16. The molecule has 0 amide bonds. The number of carbonyl (C=O) groups is 1. The minimum Gasteiger partial charge on any atom is -0.508 e. The van der Waals surface area contributed by atoms with Gasteiger partial charge >= 0.3 is 6.16 Å². The third-order valence-corrected chi connectivity index (χ3v) is 2.24. The lowest BCUT2D eigenvalue weighted by atomic mass is 10.0. The fraction of sp³-hybridized carbons (Fsp3) is 0. The van der Waals surface area contributed by atoms with Crippen molar-refractivity contribution in [3.05, 3.63) is 48.5 Å². The first kappa shape index (κ1) is 11.0. The van der Waals surface area contributed by atoms with Gasteiger partial charge in [0.1, 0.15) is 11.5 Å². The molecule has 2 aromatic rings. The average Bonchev–Trinajstić information content (AvgIpc) is 2.29. The molecule has 86 valence electrons. The molecule has 17 heavy (non-hydrogen) atoms. The molecule has 0 heterocycles. The molecule has 0 atom stereocenters. The van der Waals surface area contributed by atoms with Crippen LogP contribution in [0.2, 0.25) is 0 Å². The van der Waals surface area contributed by atoms with Crippen molar-refractivity contribution in [2.45, 2.75) is 0 Å². The van der Waals surface area contributed by atoms with Gasteiger partial charge in [0.2, 0.25) is 0 Å². The van der Waals surface area contributed by atoms with Crippen molar-refractivity contribution >= 4 is 6.16 Å². The molecule has 2 aromatic carbocycles. The summed E-state index contributed by atoms with van der Waals surface area (Å²) >= 11 is 0. The Labute approximate surface area is 97.7 Å². The molecule has 0 unspecified atom stereocenters. The molecule has 4 nitrogen and oxygen atoms in total. The normalized spacial score (nSPS) is 9.88. The molecular formula is C13H10O4. The summed E-state index contributed by atoms with van der Waals surface area (Å²) in [6.07, 6.45) is -1.36. The Morgan fingerprint density at radius 3 is 2.53 bits per heavy atom. The Morgan fingerprint density at radius 1 is 1.06 bits per heavy atom. The number of para-hydroxylation sites is 1. The second-order valence-corrected chi connectivity index (χ2v) is 3.41. The zero-order valence-electron chi connectivity index (χ0n) is 8.83. The van der Waals surface area contributed by atoms with Crippen molar-refractivity contribution in [1.29, 1.82) is 0 Å². The number of phenolic OH excluding ortho intramolecular Hbond substituents is 1. The molecule has 0 bridgehead atoms. The van der Waals surface area contributed by atoms with Crippen molar-refractivity contribution in [3.8, 4) is 22.6 Å². The topological polar surface area (TPSA) is 66.8 Å². The van der Waals surface area contributed by atoms with Crippen molar-refractivity contribution in [3.63, 3.8) is 0 Å². The minimum absolute atomic E-state index is 0.118. The van der Waals surface area contributed by atoms with Crippen molar-refractivity contribution in [2.75, 3.05) is 0 Å². The van der Waals surface area contributed by atoms with Gasteiger partial charge in [0.25, 0.3) is 0 Å². The standard InChI is InChI=1S/C13H10O4/c14-10-5-3-4-9(8-10)11-6-1-2-7-12(11)17-13(15)16/h1-8,14H,(H,15,16). The van der Waals surface area contributed by atoms with Gasteiger partial charge in [-0.25, -0.2) is 4.79 Å². The SMILES string of the molecule is O=C(O)Oc1ccccc1-c1cccc(O)c1. The van der Waals surface area contributed by atoms with Crippen LogP contribution in [0.3, 0.4) is 0 Å². The molecule has 0 saturated heterocycles. The van der Waals surface area contributed by atoms with E-state index in [-0.39, 0.29) is 11.5 Å². The third kappa shape index (κ3) is 2.55. The number of ether oxygens (including phenoxy) is 1. The average molecular weight is 230 g/mol. The quantitative estimate of drug-likeness (QED) is 0.614. The highest BCUT2D eigenvalue weighted by Crippen LogP contribution is 2.31. The van der Waals surface area contributed by atoms with Crippen LogP contribution in [0.15, 0.2) is 48.5 Å². The monoisotopic (exact) mass is 230 g/mol. The first-order valence-electron chi connectivity index (χ1n) is 4.96. The number of hydrogen-bond donors (Lipinski definition) is 2. The Kier molecular flexibility index (Phi) is 2.96. The number of aromatic hydroxyl groups is 1.